The highest BCUT2D eigenvalue weighted by Gasteiger charge is 2.44. The van der Waals surface area contributed by atoms with Crippen molar-refractivity contribution in [2.24, 2.45) is 0 Å². The van der Waals surface area contributed by atoms with Gasteiger partial charge in [-0.3, -0.25) is 4.90 Å². The Kier molecular flexibility index (Phi) is 5.04. The van der Waals surface area contributed by atoms with Gasteiger partial charge >= 0.3 is 6.09 Å². The van der Waals surface area contributed by atoms with E-state index >= 15 is 0 Å². The molecule has 0 spiro atoms. The summed E-state index contributed by atoms with van der Waals surface area (Å²) in [4.78, 5) is 22.2. The van der Waals surface area contributed by atoms with Gasteiger partial charge in [-0.15, -0.1) is 0 Å². The third-order valence-corrected chi connectivity index (χ3v) is 5.49. The van der Waals surface area contributed by atoms with Gasteiger partial charge < -0.3 is 14.5 Å². The zero-order valence-electron chi connectivity index (χ0n) is 17.2. The number of aromatic amines is 1. The van der Waals surface area contributed by atoms with Crippen molar-refractivity contribution in [1.82, 2.24) is 9.97 Å². The van der Waals surface area contributed by atoms with Crippen molar-refractivity contribution in [3.63, 3.8) is 0 Å². The molecule has 1 aliphatic heterocycles. The highest BCUT2D eigenvalue weighted by atomic mass is 16.6. The first-order chi connectivity index (χ1) is 15.2. The number of carbonyl (C=O) groups excluding carboxylic acids is 1. The van der Waals surface area contributed by atoms with Crippen molar-refractivity contribution in [1.29, 1.82) is 0 Å². The number of carbonyl (C=O) groups is 1. The van der Waals surface area contributed by atoms with E-state index in [1.54, 1.807) is 11.2 Å². The molecule has 5 rings (SSSR count). The number of hydrogen-bond donors (Lipinski definition) is 1. The van der Waals surface area contributed by atoms with Crippen LogP contribution in [-0.4, -0.2) is 22.7 Å². The van der Waals surface area contributed by atoms with Crippen LogP contribution in [-0.2, 0) is 4.74 Å². The number of cyclic esters (lactones) is 1. The lowest BCUT2D eigenvalue weighted by molar-refractivity contribution is 0.132. The molecule has 1 aromatic heterocycles. The first-order valence-electron chi connectivity index (χ1n) is 10.5. The number of benzene rings is 3. The third kappa shape index (κ3) is 3.61. The van der Waals surface area contributed by atoms with E-state index in [2.05, 4.69) is 16.9 Å². The molecule has 0 unspecified atom stereocenters. The van der Waals surface area contributed by atoms with Crippen LogP contribution < -0.4 is 9.64 Å². The quantitative estimate of drug-likeness (QED) is 0.434. The fourth-order valence-corrected chi connectivity index (χ4v) is 4.02. The maximum Gasteiger partial charge on any atom is 0.415 e. The number of amides is 1. The van der Waals surface area contributed by atoms with Crippen LogP contribution in [0.1, 0.15) is 36.6 Å². The summed E-state index contributed by atoms with van der Waals surface area (Å²) in [6.45, 7) is 2.75. The fourth-order valence-electron chi connectivity index (χ4n) is 4.02. The van der Waals surface area contributed by atoms with Gasteiger partial charge in [0.05, 0.1) is 29.7 Å². The highest BCUT2D eigenvalue weighted by Crippen LogP contribution is 2.45. The van der Waals surface area contributed by atoms with Crippen molar-refractivity contribution in [2.75, 3.05) is 11.5 Å². The molecule has 3 aromatic carbocycles. The Morgan fingerprint density at radius 2 is 1.84 bits per heavy atom. The first kappa shape index (κ1) is 19.2. The lowest BCUT2D eigenvalue weighted by atomic mass is 9.95. The van der Waals surface area contributed by atoms with Crippen LogP contribution in [0.25, 0.3) is 11.0 Å². The number of fused-ring (bicyclic) bond motifs is 1. The molecular weight excluding hydrogens is 390 g/mol. The molecule has 6 heteroatoms. The Hall–Kier alpha value is -3.80. The maximum absolute atomic E-state index is 13.1. The van der Waals surface area contributed by atoms with Gasteiger partial charge in [-0.1, -0.05) is 49.4 Å². The van der Waals surface area contributed by atoms with Crippen LogP contribution in [0.5, 0.6) is 5.75 Å². The molecule has 2 heterocycles. The predicted octanol–water partition coefficient (Wildman–Crippen LogP) is 5.79. The summed E-state index contributed by atoms with van der Waals surface area (Å²) in [6.07, 6.45) is 1.81. The predicted molar refractivity (Wildman–Crippen MR) is 119 cm³/mol. The molecular formula is C25H23N3O3. The number of H-pyrrole nitrogens is 1. The van der Waals surface area contributed by atoms with Crippen LogP contribution >= 0.6 is 0 Å². The molecule has 6 nitrogen and oxygen atoms in total. The molecule has 0 bridgehead atoms. The summed E-state index contributed by atoms with van der Waals surface area (Å²) in [7, 11) is 0. The highest BCUT2D eigenvalue weighted by molar-refractivity contribution is 5.93. The van der Waals surface area contributed by atoms with E-state index in [1.807, 2.05) is 72.8 Å². The Morgan fingerprint density at radius 1 is 1.03 bits per heavy atom. The average Bonchev–Trinajstić information content (AvgIpc) is 3.42. The second kappa shape index (κ2) is 8.14. The van der Waals surface area contributed by atoms with Crippen molar-refractivity contribution in [2.45, 2.75) is 25.5 Å². The second-order valence-electron chi connectivity index (χ2n) is 7.55. The topological polar surface area (TPSA) is 67.5 Å². The van der Waals surface area contributed by atoms with E-state index in [4.69, 9.17) is 9.47 Å². The number of hydrogen-bond acceptors (Lipinski definition) is 4. The summed E-state index contributed by atoms with van der Waals surface area (Å²) < 4.78 is 11.6. The molecule has 1 saturated heterocycles. The van der Waals surface area contributed by atoms with Gasteiger partial charge in [0, 0.05) is 0 Å². The largest absolute Gasteiger partial charge is 0.494 e. The number of ether oxygens (including phenoxy) is 2. The average molecular weight is 413 g/mol. The molecule has 0 aliphatic carbocycles. The molecule has 0 saturated carbocycles. The second-order valence-corrected chi connectivity index (χ2v) is 7.55. The summed E-state index contributed by atoms with van der Waals surface area (Å²) in [5.74, 6) is 0.817. The van der Waals surface area contributed by atoms with E-state index in [0.29, 0.717) is 6.61 Å². The van der Waals surface area contributed by atoms with Crippen LogP contribution in [0, 0.1) is 0 Å². The molecule has 31 heavy (non-hydrogen) atoms. The first-order valence-corrected chi connectivity index (χ1v) is 10.5. The molecule has 156 valence electrons. The van der Waals surface area contributed by atoms with E-state index in [-0.39, 0.29) is 12.1 Å². The maximum atomic E-state index is 13.1. The Morgan fingerprint density at radius 3 is 2.61 bits per heavy atom. The molecule has 1 aliphatic rings. The minimum Gasteiger partial charge on any atom is -0.494 e. The van der Waals surface area contributed by atoms with E-state index < -0.39 is 6.10 Å². The van der Waals surface area contributed by atoms with E-state index in [1.165, 1.54) is 0 Å². The smallest absolute Gasteiger partial charge is 0.415 e. The van der Waals surface area contributed by atoms with E-state index in [0.717, 1.165) is 40.0 Å². The molecule has 2 atom stereocenters. The van der Waals surface area contributed by atoms with Gasteiger partial charge in [-0.2, -0.15) is 0 Å². The van der Waals surface area contributed by atoms with Crippen molar-refractivity contribution < 1.29 is 14.3 Å². The Balaban J connectivity index is 1.57. The minimum absolute atomic E-state index is 0.310. The van der Waals surface area contributed by atoms with Crippen molar-refractivity contribution in [3.05, 3.63) is 90.3 Å². The lowest BCUT2D eigenvalue weighted by Gasteiger charge is -2.25. The Labute approximate surface area is 180 Å². The standard InChI is InChI=1S/C25H23N3O3/c1-2-14-30-20-11-8-17(9-12-20)23-24(18-6-4-3-5-7-18)31-25(29)28(23)19-10-13-21-22(15-19)27-16-26-21/h3-13,15-16,23-24H,2,14H2,1H3,(H,26,27)/t23-,24-/m0/s1. The van der Waals surface area contributed by atoms with Crippen molar-refractivity contribution in [3.8, 4) is 5.75 Å². The number of rotatable bonds is 6. The number of nitrogens with one attached hydrogen (secondary N) is 1. The molecule has 1 amide bonds. The summed E-state index contributed by atoms with van der Waals surface area (Å²) >= 11 is 0. The molecule has 4 aromatic rings. The van der Waals surface area contributed by atoms with E-state index in [9.17, 15) is 4.79 Å². The molecule has 1 N–H and O–H groups in total. The SMILES string of the molecule is CCCOc1ccc([C@H]2[C@H](c3ccccc3)OC(=O)N2c2ccc3nc[nH]c3c2)cc1. The minimum atomic E-state index is -0.423. The number of nitrogens with zero attached hydrogens (tertiary/aromatic N) is 2. The van der Waals surface area contributed by atoms with Gasteiger partial charge in [0.15, 0.2) is 6.10 Å². The van der Waals surface area contributed by atoms with Gasteiger partial charge in [0.2, 0.25) is 0 Å². The third-order valence-electron chi connectivity index (χ3n) is 5.49. The summed E-state index contributed by atoms with van der Waals surface area (Å²) in [6, 6.07) is 23.2. The normalized spacial score (nSPS) is 18.4. The van der Waals surface area contributed by atoms with Gasteiger partial charge in [-0.05, 0) is 47.9 Å². The summed E-state index contributed by atoms with van der Waals surface area (Å²) in [5, 5.41) is 0. The molecule has 0 radical (unpaired) electrons. The van der Waals surface area contributed by atoms with Crippen LogP contribution in [0.2, 0.25) is 0 Å². The summed E-state index contributed by atoms with van der Waals surface area (Å²) in [5.41, 5.74) is 4.42. The lowest BCUT2D eigenvalue weighted by Crippen LogP contribution is -2.27. The van der Waals surface area contributed by atoms with Gasteiger partial charge in [0.1, 0.15) is 11.8 Å². The molecule has 1 fully saturated rings. The zero-order valence-corrected chi connectivity index (χ0v) is 17.2. The number of imidazole rings is 1. The van der Waals surface area contributed by atoms with Gasteiger partial charge in [-0.25, -0.2) is 9.78 Å². The number of anilines is 1. The van der Waals surface area contributed by atoms with Crippen LogP contribution in [0.15, 0.2) is 79.1 Å². The van der Waals surface area contributed by atoms with Crippen molar-refractivity contribution >= 4 is 22.8 Å². The van der Waals surface area contributed by atoms with Crippen LogP contribution in [0.4, 0.5) is 10.5 Å². The zero-order chi connectivity index (χ0) is 21.2. The number of aromatic nitrogens is 2. The Bertz CT molecular complexity index is 1190. The fraction of sp³-hybridized carbons (Fsp3) is 0.200. The monoisotopic (exact) mass is 413 g/mol. The van der Waals surface area contributed by atoms with Gasteiger partial charge in [0.25, 0.3) is 0 Å². The van der Waals surface area contributed by atoms with Crippen LogP contribution in [0.3, 0.4) is 0 Å².